The largest absolute Gasteiger partial charge is 0.805 e. The number of carbonyl (C=O) groups excluding carboxylic acids is 3. The van der Waals surface area contributed by atoms with Gasteiger partial charge in [-0.05, 0) is 56.5 Å². The van der Waals surface area contributed by atoms with Crippen LogP contribution in [0, 0.1) is 37.8 Å². The lowest BCUT2D eigenvalue weighted by atomic mass is 10.1. The van der Waals surface area contributed by atoms with Gasteiger partial charge in [-0.2, -0.15) is 0 Å². The van der Waals surface area contributed by atoms with Crippen molar-refractivity contribution in [2.45, 2.75) is 34.1 Å². The van der Waals surface area contributed by atoms with Gasteiger partial charge >= 0.3 is 5.69 Å². The molecule has 0 spiro atoms. The van der Waals surface area contributed by atoms with Gasteiger partial charge in [0.1, 0.15) is 5.52 Å². The molecule has 154 valence electrons. The molecule has 0 saturated heterocycles. The fourth-order valence-corrected chi connectivity index (χ4v) is 3.19. The van der Waals surface area contributed by atoms with Crippen LogP contribution >= 0.6 is 0 Å². The fraction of sp³-hybridized carbons (Fsp3) is 0.227. The summed E-state index contributed by atoms with van der Waals surface area (Å²) in [5.74, 6) is -2.85. The summed E-state index contributed by atoms with van der Waals surface area (Å²) in [4.78, 5) is 50.0. The monoisotopic (exact) mass is 407 g/mol. The van der Waals surface area contributed by atoms with Gasteiger partial charge in [0.05, 0.1) is 16.5 Å². The van der Waals surface area contributed by atoms with Crippen molar-refractivity contribution < 1.29 is 18.8 Å². The van der Waals surface area contributed by atoms with E-state index in [1.165, 1.54) is 13.0 Å². The minimum atomic E-state index is -1.000. The summed E-state index contributed by atoms with van der Waals surface area (Å²) in [6, 6.07) is 9.98. The molecule has 0 aliphatic rings. The quantitative estimate of drug-likeness (QED) is 0.302. The second-order valence-corrected chi connectivity index (χ2v) is 7.24. The second-order valence-electron chi connectivity index (χ2n) is 7.24. The van der Waals surface area contributed by atoms with E-state index in [0.717, 1.165) is 16.7 Å². The number of benzene rings is 2. The van der Waals surface area contributed by atoms with E-state index in [9.17, 15) is 24.5 Å². The van der Waals surface area contributed by atoms with Gasteiger partial charge in [0.15, 0.2) is 0 Å². The maximum Gasteiger partial charge on any atom is 0.325 e. The topological polar surface area (TPSA) is 114 Å². The molecule has 8 heteroatoms. The molecule has 1 aromatic heterocycles. The first-order valence-corrected chi connectivity index (χ1v) is 9.31. The number of hydrogen-bond acceptors (Lipinski definition) is 5. The van der Waals surface area contributed by atoms with Crippen LogP contribution < -0.4 is 9.74 Å². The van der Waals surface area contributed by atoms with Crippen LogP contribution in [0.15, 0.2) is 36.4 Å². The predicted molar refractivity (Wildman–Crippen MR) is 112 cm³/mol. The molecule has 30 heavy (non-hydrogen) atoms. The zero-order valence-electron chi connectivity index (χ0n) is 17.1. The van der Waals surface area contributed by atoms with Gasteiger partial charge < -0.3 is 15.3 Å². The van der Waals surface area contributed by atoms with Crippen LogP contribution in [0.3, 0.4) is 0 Å². The van der Waals surface area contributed by atoms with Gasteiger partial charge in [-0.15, -0.1) is 0 Å². The van der Waals surface area contributed by atoms with Crippen LogP contribution in [-0.4, -0.2) is 22.2 Å². The third kappa shape index (κ3) is 3.71. The van der Waals surface area contributed by atoms with Crippen molar-refractivity contribution in [1.82, 2.24) is 4.73 Å². The molecule has 0 fully saturated rings. The normalized spacial score (nSPS) is 10.8. The lowest BCUT2D eigenvalue weighted by Gasteiger charge is -2.17. The number of amides is 1. The SMILES string of the molecule is Cc1cc2c(cc1C)[n+](=O)c(C(=O)CC(=O)C(=O)Nc1ccccc1C)c(C)n2[O-]. The first-order valence-electron chi connectivity index (χ1n) is 9.31. The van der Waals surface area contributed by atoms with Crippen LogP contribution in [-0.2, 0) is 9.59 Å². The average Bonchev–Trinajstić information content (AvgIpc) is 2.69. The third-order valence-corrected chi connectivity index (χ3v) is 5.11. The summed E-state index contributed by atoms with van der Waals surface area (Å²) >= 11 is 0. The minimum absolute atomic E-state index is 0.0267. The number of carbonyl (C=O) groups is 3. The third-order valence-electron chi connectivity index (χ3n) is 5.11. The fourth-order valence-electron chi connectivity index (χ4n) is 3.19. The number of rotatable bonds is 5. The molecule has 8 nitrogen and oxygen atoms in total. The molecular formula is C22H21N3O5. The van der Waals surface area contributed by atoms with E-state index in [2.05, 4.69) is 5.32 Å². The highest BCUT2D eigenvalue weighted by atomic mass is 16.5. The van der Waals surface area contributed by atoms with Gasteiger partial charge in [0.2, 0.25) is 11.6 Å². The van der Waals surface area contributed by atoms with Gasteiger partial charge in [0, 0.05) is 16.7 Å². The molecule has 1 amide bonds. The highest BCUT2D eigenvalue weighted by Crippen LogP contribution is 2.19. The lowest BCUT2D eigenvalue weighted by molar-refractivity contribution is -0.468. The van der Waals surface area contributed by atoms with Crippen molar-refractivity contribution in [2.24, 2.45) is 0 Å². The van der Waals surface area contributed by atoms with Crippen LogP contribution in [0.1, 0.15) is 39.3 Å². The Kier molecular flexibility index (Phi) is 5.51. The average molecular weight is 407 g/mol. The summed E-state index contributed by atoms with van der Waals surface area (Å²) in [6.07, 6.45) is -0.822. The summed E-state index contributed by atoms with van der Waals surface area (Å²) < 4.78 is 0.863. The molecule has 0 saturated carbocycles. The molecule has 1 heterocycles. The van der Waals surface area contributed by atoms with Crippen molar-refractivity contribution in [2.75, 3.05) is 5.32 Å². The van der Waals surface area contributed by atoms with E-state index < -0.39 is 29.6 Å². The number of ketones is 2. The molecule has 0 radical (unpaired) electrons. The molecule has 0 atom stereocenters. The van der Waals surface area contributed by atoms with Crippen molar-refractivity contribution >= 4 is 34.2 Å². The van der Waals surface area contributed by atoms with Crippen LogP contribution in [0.2, 0.25) is 0 Å². The Balaban J connectivity index is 1.92. The van der Waals surface area contributed by atoms with E-state index in [4.69, 9.17) is 0 Å². The first kappa shape index (κ1) is 20.9. The number of Topliss-reactive ketones (excluding diaryl/α,β-unsaturated/α-hetero) is 2. The van der Waals surface area contributed by atoms with Crippen molar-refractivity contribution in [3.8, 4) is 0 Å². The number of nitrogens with one attached hydrogen (secondary N) is 1. The van der Waals surface area contributed by atoms with Gasteiger partial charge in [-0.25, -0.2) is 0 Å². The summed E-state index contributed by atoms with van der Waals surface area (Å²) in [7, 11) is 0. The molecule has 0 aliphatic carbocycles. The van der Waals surface area contributed by atoms with Gasteiger partial charge in [-0.3, -0.25) is 14.4 Å². The minimum Gasteiger partial charge on any atom is -0.805 e. The zero-order chi connectivity index (χ0) is 22.2. The molecular weight excluding hydrogens is 386 g/mol. The molecule has 0 aliphatic heterocycles. The van der Waals surface area contributed by atoms with Crippen molar-refractivity contribution in [1.29, 1.82) is 0 Å². The summed E-state index contributed by atoms with van der Waals surface area (Å²) in [5, 5.41) is 15.1. The molecule has 0 unspecified atom stereocenters. The number of aromatic nitrogens is 2. The maximum absolute atomic E-state index is 12.8. The first-order chi connectivity index (χ1) is 14.1. The Morgan fingerprint density at radius 3 is 2.30 bits per heavy atom. The standard InChI is InChI=1S/C22H21N3O5/c1-12-7-5-6-8-16(12)23-22(28)20(27)11-19(26)21-15(4)24(29)17-9-13(2)14(3)10-18(17)25(21)30/h5-10H,11H2,1-4H3,(H,23,28). The molecule has 1 N–H and O–H groups in total. The Labute approximate surface area is 172 Å². The predicted octanol–water partition coefficient (Wildman–Crippen LogP) is 2.92. The smallest absolute Gasteiger partial charge is 0.325 e. The number of aryl methyl sites for hydroxylation is 3. The Morgan fingerprint density at radius 1 is 1.00 bits per heavy atom. The summed E-state index contributed by atoms with van der Waals surface area (Å²) in [5.41, 5.74) is 2.40. The van der Waals surface area contributed by atoms with Crippen LogP contribution in [0.4, 0.5) is 5.69 Å². The number of nitrogens with zero attached hydrogens (tertiary/aromatic N) is 2. The van der Waals surface area contributed by atoms with Gasteiger partial charge in [0.25, 0.3) is 11.4 Å². The van der Waals surface area contributed by atoms with Crippen LogP contribution in [0.5, 0.6) is 0 Å². The van der Waals surface area contributed by atoms with Crippen LogP contribution in [0.25, 0.3) is 11.0 Å². The van der Waals surface area contributed by atoms with E-state index in [-0.39, 0.29) is 16.7 Å². The number of hydrogen-bond donors (Lipinski definition) is 1. The number of anilines is 1. The van der Waals surface area contributed by atoms with E-state index >= 15 is 0 Å². The molecule has 3 aromatic rings. The zero-order valence-corrected chi connectivity index (χ0v) is 17.1. The summed E-state index contributed by atoms with van der Waals surface area (Å²) in [6.45, 7) is 6.69. The van der Waals surface area contributed by atoms with E-state index in [1.54, 1.807) is 44.2 Å². The van der Waals surface area contributed by atoms with E-state index in [1.807, 2.05) is 6.92 Å². The second kappa shape index (κ2) is 7.90. The number of fused-ring (bicyclic) bond motifs is 1. The molecule has 2 aromatic carbocycles. The van der Waals surface area contributed by atoms with Gasteiger partial charge in [-0.1, -0.05) is 18.2 Å². The lowest BCUT2D eigenvalue weighted by Crippen LogP contribution is -2.33. The maximum atomic E-state index is 12.8. The van der Waals surface area contributed by atoms with E-state index in [0.29, 0.717) is 14.8 Å². The highest BCUT2D eigenvalue weighted by Gasteiger charge is 2.30. The van der Waals surface area contributed by atoms with Crippen molar-refractivity contribution in [3.05, 3.63) is 74.6 Å². The Hall–Kier alpha value is -3.81. The Bertz CT molecular complexity index is 1270. The number of para-hydroxylation sites is 1. The molecule has 3 rings (SSSR count). The van der Waals surface area contributed by atoms with Crippen molar-refractivity contribution in [3.63, 3.8) is 0 Å². The Morgan fingerprint density at radius 2 is 1.63 bits per heavy atom. The molecule has 0 bridgehead atoms. The highest BCUT2D eigenvalue weighted by molar-refractivity contribution is 6.44.